The van der Waals surface area contributed by atoms with E-state index in [1.807, 2.05) is 6.92 Å². The Balaban J connectivity index is 1.97. The van der Waals surface area contributed by atoms with Gasteiger partial charge in [0.1, 0.15) is 18.1 Å². The maximum atomic E-state index is 12.2. The summed E-state index contributed by atoms with van der Waals surface area (Å²) < 4.78 is 20.8. The van der Waals surface area contributed by atoms with Crippen LogP contribution in [0.5, 0.6) is 11.5 Å². The van der Waals surface area contributed by atoms with Gasteiger partial charge in [0.2, 0.25) is 0 Å². The van der Waals surface area contributed by atoms with Crippen LogP contribution < -0.4 is 9.47 Å². The molecule has 0 bridgehead atoms. The number of hydrogen-bond acceptors (Lipinski definition) is 6. The Morgan fingerprint density at radius 1 is 0.846 bits per heavy atom. The Bertz CT molecular complexity index is 723. The van der Waals surface area contributed by atoms with E-state index in [0.717, 1.165) is 6.42 Å². The number of carbonyl (C=O) groups excluding carboxylic acids is 2. The monoisotopic (exact) mass is 358 g/mol. The van der Waals surface area contributed by atoms with Crippen LogP contribution in [0.15, 0.2) is 48.5 Å². The zero-order chi connectivity index (χ0) is 18.8. The van der Waals surface area contributed by atoms with Gasteiger partial charge in [-0.1, -0.05) is 13.0 Å². The highest BCUT2D eigenvalue weighted by atomic mass is 16.5. The molecule has 0 N–H and O–H groups in total. The maximum Gasteiger partial charge on any atom is 0.343 e. The molecule has 0 aliphatic carbocycles. The van der Waals surface area contributed by atoms with Crippen molar-refractivity contribution in [2.75, 3.05) is 26.9 Å². The summed E-state index contributed by atoms with van der Waals surface area (Å²) >= 11 is 0. The molecule has 0 amide bonds. The summed E-state index contributed by atoms with van der Waals surface area (Å²) in [6.07, 6.45) is 0.742. The van der Waals surface area contributed by atoms with Crippen molar-refractivity contribution in [2.45, 2.75) is 13.3 Å². The van der Waals surface area contributed by atoms with Crippen molar-refractivity contribution in [2.24, 2.45) is 0 Å². The lowest BCUT2D eigenvalue weighted by molar-refractivity contribution is 0.0503. The lowest BCUT2D eigenvalue weighted by Crippen LogP contribution is -2.10. The van der Waals surface area contributed by atoms with Crippen molar-refractivity contribution < 1.29 is 28.5 Å². The zero-order valence-electron chi connectivity index (χ0n) is 14.9. The Labute approximate surface area is 152 Å². The fraction of sp³-hybridized carbons (Fsp3) is 0.300. The first-order chi connectivity index (χ1) is 12.6. The summed E-state index contributed by atoms with van der Waals surface area (Å²) in [5, 5.41) is 0. The Hall–Kier alpha value is -2.86. The van der Waals surface area contributed by atoms with Crippen molar-refractivity contribution in [3.8, 4) is 11.5 Å². The highest BCUT2D eigenvalue weighted by Gasteiger charge is 2.12. The molecule has 0 radical (unpaired) electrons. The molecule has 0 atom stereocenters. The second-order valence-corrected chi connectivity index (χ2v) is 5.42. The van der Waals surface area contributed by atoms with Crippen LogP contribution in [0, 0.1) is 0 Å². The molecule has 26 heavy (non-hydrogen) atoms. The average Bonchev–Trinajstić information content (AvgIpc) is 2.67. The van der Waals surface area contributed by atoms with Gasteiger partial charge >= 0.3 is 11.9 Å². The normalized spacial score (nSPS) is 10.2. The molecule has 0 aromatic heterocycles. The maximum absolute atomic E-state index is 12.2. The summed E-state index contributed by atoms with van der Waals surface area (Å²) in [7, 11) is 1.60. The lowest BCUT2D eigenvalue weighted by Gasteiger charge is -2.08. The smallest absolute Gasteiger partial charge is 0.343 e. The van der Waals surface area contributed by atoms with Crippen LogP contribution in [0.3, 0.4) is 0 Å². The molecule has 0 heterocycles. The van der Waals surface area contributed by atoms with Crippen molar-refractivity contribution >= 4 is 11.9 Å². The topological polar surface area (TPSA) is 71.1 Å². The first kappa shape index (κ1) is 19.5. The Kier molecular flexibility index (Phi) is 7.64. The number of carbonyl (C=O) groups is 2. The van der Waals surface area contributed by atoms with Crippen LogP contribution in [0.1, 0.15) is 34.1 Å². The van der Waals surface area contributed by atoms with Crippen molar-refractivity contribution in [1.29, 1.82) is 0 Å². The van der Waals surface area contributed by atoms with Gasteiger partial charge in [0.25, 0.3) is 0 Å². The fourth-order valence-corrected chi connectivity index (χ4v) is 2.06. The number of hydrogen-bond donors (Lipinski definition) is 0. The first-order valence-electron chi connectivity index (χ1n) is 8.35. The number of benzene rings is 2. The third kappa shape index (κ3) is 5.89. The molecule has 6 heteroatoms. The van der Waals surface area contributed by atoms with E-state index >= 15 is 0 Å². The minimum atomic E-state index is -0.521. The second-order valence-electron chi connectivity index (χ2n) is 5.42. The van der Waals surface area contributed by atoms with Gasteiger partial charge in [-0.2, -0.15) is 0 Å². The van der Waals surface area contributed by atoms with E-state index in [1.165, 1.54) is 6.07 Å². The van der Waals surface area contributed by atoms with E-state index in [-0.39, 0.29) is 5.75 Å². The second kappa shape index (κ2) is 10.2. The predicted molar refractivity (Wildman–Crippen MR) is 95.8 cm³/mol. The Morgan fingerprint density at radius 2 is 1.62 bits per heavy atom. The standard InChI is InChI=1S/C20H22O6/c1-3-11-25-19(21)16-5-4-6-18(14-16)26-20(22)15-7-9-17(10-8-15)24-13-12-23-2/h4-10,14H,3,11-13H2,1-2H3. The molecule has 0 saturated heterocycles. The summed E-state index contributed by atoms with van der Waals surface area (Å²) in [4.78, 5) is 24.1. The average molecular weight is 358 g/mol. The number of esters is 2. The van der Waals surface area contributed by atoms with Crippen molar-refractivity contribution in [3.63, 3.8) is 0 Å². The van der Waals surface area contributed by atoms with Gasteiger partial charge in [0, 0.05) is 7.11 Å². The van der Waals surface area contributed by atoms with E-state index in [1.54, 1.807) is 49.6 Å². The molecule has 0 unspecified atom stereocenters. The third-order valence-corrected chi connectivity index (χ3v) is 3.36. The Morgan fingerprint density at radius 3 is 2.31 bits per heavy atom. The van der Waals surface area contributed by atoms with Crippen LogP contribution >= 0.6 is 0 Å². The van der Waals surface area contributed by atoms with Crippen molar-refractivity contribution in [3.05, 3.63) is 59.7 Å². The van der Waals surface area contributed by atoms with Gasteiger partial charge in [-0.25, -0.2) is 9.59 Å². The van der Waals surface area contributed by atoms with E-state index in [9.17, 15) is 9.59 Å². The number of ether oxygens (including phenoxy) is 4. The van der Waals surface area contributed by atoms with Crippen LogP contribution in [0.4, 0.5) is 0 Å². The molecule has 0 aliphatic rings. The van der Waals surface area contributed by atoms with E-state index in [4.69, 9.17) is 18.9 Å². The molecule has 138 valence electrons. The molecule has 0 spiro atoms. The van der Waals surface area contributed by atoms with Crippen molar-refractivity contribution in [1.82, 2.24) is 0 Å². The molecule has 0 saturated carbocycles. The third-order valence-electron chi connectivity index (χ3n) is 3.36. The minimum absolute atomic E-state index is 0.279. The van der Waals surface area contributed by atoms with Gasteiger partial charge < -0.3 is 18.9 Å². The van der Waals surface area contributed by atoms with Gasteiger partial charge in [0.15, 0.2) is 0 Å². The largest absolute Gasteiger partial charge is 0.491 e. The van der Waals surface area contributed by atoms with Crippen LogP contribution in [0.2, 0.25) is 0 Å². The highest BCUT2D eigenvalue weighted by molar-refractivity contribution is 5.92. The lowest BCUT2D eigenvalue weighted by atomic mass is 10.2. The SMILES string of the molecule is CCCOC(=O)c1cccc(OC(=O)c2ccc(OCCOC)cc2)c1. The summed E-state index contributed by atoms with van der Waals surface area (Å²) in [6.45, 7) is 3.18. The van der Waals surface area contributed by atoms with Gasteiger partial charge in [-0.15, -0.1) is 0 Å². The predicted octanol–water partition coefficient (Wildman–Crippen LogP) is 3.50. The van der Waals surface area contributed by atoms with E-state index < -0.39 is 11.9 Å². The minimum Gasteiger partial charge on any atom is -0.491 e. The molecule has 2 aromatic carbocycles. The fourth-order valence-electron chi connectivity index (χ4n) is 2.06. The van der Waals surface area contributed by atoms with Crippen LogP contribution in [-0.2, 0) is 9.47 Å². The molecule has 0 aliphatic heterocycles. The highest BCUT2D eigenvalue weighted by Crippen LogP contribution is 2.18. The van der Waals surface area contributed by atoms with Gasteiger partial charge in [-0.3, -0.25) is 0 Å². The molecular formula is C20H22O6. The van der Waals surface area contributed by atoms with Gasteiger partial charge in [0.05, 0.1) is 24.3 Å². The number of rotatable bonds is 9. The first-order valence-corrected chi connectivity index (χ1v) is 8.35. The molecular weight excluding hydrogens is 336 g/mol. The summed E-state index contributed by atoms with van der Waals surface area (Å²) in [5.41, 5.74) is 0.716. The number of methoxy groups -OCH3 is 1. The van der Waals surface area contributed by atoms with Gasteiger partial charge in [-0.05, 0) is 48.9 Å². The van der Waals surface area contributed by atoms with Crippen LogP contribution in [0.25, 0.3) is 0 Å². The summed E-state index contributed by atoms with van der Waals surface area (Å²) in [6, 6.07) is 12.9. The quantitative estimate of drug-likeness (QED) is 0.388. The molecule has 2 aromatic rings. The molecule has 6 nitrogen and oxygen atoms in total. The molecule has 2 rings (SSSR count). The van der Waals surface area contributed by atoms with Crippen LogP contribution in [-0.4, -0.2) is 38.9 Å². The van der Waals surface area contributed by atoms with E-state index in [0.29, 0.717) is 36.7 Å². The summed E-state index contributed by atoms with van der Waals surface area (Å²) in [5.74, 6) is -0.0459. The zero-order valence-corrected chi connectivity index (χ0v) is 14.9. The van der Waals surface area contributed by atoms with E-state index in [2.05, 4.69) is 0 Å². The molecule has 0 fully saturated rings.